The minimum atomic E-state index is 0.375. The van der Waals surface area contributed by atoms with Crippen LogP contribution in [0.1, 0.15) is 19.3 Å². The zero-order chi connectivity index (χ0) is 12.2. The molecule has 1 aliphatic carbocycles. The van der Waals surface area contributed by atoms with Crippen LogP contribution in [0.5, 0.6) is 0 Å². The third-order valence-electron chi connectivity index (χ3n) is 3.67. The van der Waals surface area contributed by atoms with Crippen LogP contribution in [0, 0.1) is 5.92 Å². The van der Waals surface area contributed by atoms with Crippen LogP contribution >= 0.6 is 0 Å². The molecule has 0 amide bonds. The first kappa shape index (κ1) is 12.6. The molecule has 0 radical (unpaired) electrons. The smallest absolute Gasteiger partial charge is 0.104 e. The van der Waals surface area contributed by atoms with Crippen LogP contribution in [0.2, 0.25) is 0 Å². The summed E-state index contributed by atoms with van der Waals surface area (Å²) in [5.41, 5.74) is 1.44. The number of rotatable bonds is 8. The van der Waals surface area contributed by atoms with Crippen molar-refractivity contribution in [2.75, 3.05) is 39.6 Å². The molecule has 3 rings (SSSR count). The molecule has 4 heteroatoms. The van der Waals surface area contributed by atoms with E-state index in [4.69, 9.17) is 18.9 Å². The van der Waals surface area contributed by atoms with Crippen molar-refractivity contribution in [3.05, 3.63) is 11.6 Å². The van der Waals surface area contributed by atoms with Crippen molar-refractivity contribution in [2.24, 2.45) is 5.92 Å². The monoisotopic (exact) mass is 254 g/mol. The van der Waals surface area contributed by atoms with E-state index in [9.17, 15) is 0 Å². The van der Waals surface area contributed by atoms with Crippen LogP contribution in [-0.4, -0.2) is 51.8 Å². The molecular formula is C14H22O4. The van der Waals surface area contributed by atoms with Crippen molar-refractivity contribution in [3.8, 4) is 0 Å². The molecule has 0 aromatic heterocycles. The summed E-state index contributed by atoms with van der Waals surface area (Å²) >= 11 is 0. The van der Waals surface area contributed by atoms with E-state index in [0.717, 1.165) is 52.5 Å². The van der Waals surface area contributed by atoms with Crippen molar-refractivity contribution in [1.82, 2.24) is 0 Å². The van der Waals surface area contributed by atoms with Gasteiger partial charge in [0.1, 0.15) is 12.2 Å². The van der Waals surface area contributed by atoms with Crippen LogP contribution in [-0.2, 0) is 18.9 Å². The van der Waals surface area contributed by atoms with Crippen LogP contribution in [0.15, 0.2) is 11.6 Å². The summed E-state index contributed by atoms with van der Waals surface area (Å²) in [7, 11) is 0. The van der Waals surface area contributed by atoms with Gasteiger partial charge in [-0.15, -0.1) is 0 Å². The second-order valence-corrected chi connectivity index (χ2v) is 5.47. The molecule has 2 heterocycles. The third-order valence-corrected chi connectivity index (χ3v) is 3.67. The highest BCUT2D eigenvalue weighted by atomic mass is 16.6. The van der Waals surface area contributed by atoms with E-state index in [1.54, 1.807) is 0 Å². The van der Waals surface area contributed by atoms with Crippen molar-refractivity contribution in [1.29, 1.82) is 0 Å². The topological polar surface area (TPSA) is 43.5 Å². The van der Waals surface area contributed by atoms with Gasteiger partial charge in [0.05, 0.1) is 33.0 Å². The Morgan fingerprint density at radius 1 is 1.06 bits per heavy atom. The molecule has 2 saturated heterocycles. The largest absolute Gasteiger partial charge is 0.378 e. The van der Waals surface area contributed by atoms with Gasteiger partial charge >= 0.3 is 0 Å². The van der Waals surface area contributed by atoms with Crippen molar-refractivity contribution >= 4 is 0 Å². The number of epoxide rings is 2. The van der Waals surface area contributed by atoms with Crippen LogP contribution in [0.25, 0.3) is 0 Å². The normalized spacial score (nSPS) is 34.2. The van der Waals surface area contributed by atoms with Gasteiger partial charge in [-0.05, 0) is 30.8 Å². The Morgan fingerprint density at radius 3 is 2.39 bits per heavy atom. The maximum atomic E-state index is 5.65. The maximum absolute atomic E-state index is 5.65. The quantitative estimate of drug-likeness (QED) is 0.487. The summed E-state index contributed by atoms with van der Waals surface area (Å²) in [6, 6.07) is 0. The zero-order valence-corrected chi connectivity index (χ0v) is 10.8. The molecule has 3 unspecified atom stereocenters. The van der Waals surface area contributed by atoms with Gasteiger partial charge in [0.25, 0.3) is 0 Å². The maximum Gasteiger partial charge on any atom is 0.104 e. The molecule has 0 aromatic rings. The predicted molar refractivity (Wildman–Crippen MR) is 66.5 cm³/mol. The van der Waals surface area contributed by atoms with E-state index in [2.05, 4.69) is 6.08 Å². The summed E-state index contributed by atoms with van der Waals surface area (Å²) in [5, 5.41) is 0. The van der Waals surface area contributed by atoms with Gasteiger partial charge < -0.3 is 18.9 Å². The Morgan fingerprint density at radius 2 is 1.78 bits per heavy atom. The summed E-state index contributed by atoms with van der Waals surface area (Å²) in [5.74, 6) is 0.680. The fourth-order valence-corrected chi connectivity index (χ4v) is 2.24. The zero-order valence-electron chi connectivity index (χ0n) is 10.8. The van der Waals surface area contributed by atoms with Crippen LogP contribution < -0.4 is 0 Å². The molecule has 18 heavy (non-hydrogen) atoms. The molecule has 2 aliphatic heterocycles. The van der Waals surface area contributed by atoms with Gasteiger partial charge in [-0.2, -0.15) is 0 Å². The molecule has 3 atom stereocenters. The highest BCUT2D eigenvalue weighted by Gasteiger charge is 2.24. The molecule has 0 spiro atoms. The minimum absolute atomic E-state index is 0.375. The standard InChI is InChI=1S/C14H22O4/c1-2-12(6-16-8-14-10-18-14)4-3-11(1)5-15-7-13-9-17-13/h1,12-14H,2-10H2. The third kappa shape index (κ3) is 4.35. The predicted octanol–water partition coefficient (Wildman–Crippen LogP) is 1.54. The Balaban J connectivity index is 1.26. The first-order valence-electron chi connectivity index (χ1n) is 6.97. The van der Waals surface area contributed by atoms with E-state index in [0.29, 0.717) is 18.1 Å². The van der Waals surface area contributed by atoms with Gasteiger partial charge in [0.2, 0.25) is 0 Å². The summed E-state index contributed by atoms with van der Waals surface area (Å²) in [6.07, 6.45) is 6.60. The lowest BCUT2D eigenvalue weighted by molar-refractivity contribution is 0.0808. The molecule has 4 nitrogen and oxygen atoms in total. The number of hydrogen-bond acceptors (Lipinski definition) is 4. The van der Waals surface area contributed by atoms with E-state index in [-0.39, 0.29) is 0 Å². The van der Waals surface area contributed by atoms with Crippen LogP contribution in [0.3, 0.4) is 0 Å². The van der Waals surface area contributed by atoms with E-state index < -0.39 is 0 Å². The first-order chi connectivity index (χ1) is 8.90. The lowest BCUT2D eigenvalue weighted by atomic mass is 9.90. The summed E-state index contributed by atoms with van der Waals surface area (Å²) in [6.45, 7) is 4.95. The molecule has 0 aromatic carbocycles. The summed E-state index contributed by atoms with van der Waals surface area (Å²) < 4.78 is 21.5. The Labute approximate surface area is 108 Å². The highest BCUT2D eigenvalue weighted by molar-refractivity contribution is 5.07. The average Bonchev–Trinajstić information content (AvgIpc) is 3.25. The molecular weight excluding hydrogens is 232 g/mol. The Kier molecular flexibility index (Phi) is 4.31. The average molecular weight is 254 g/mol. The van der Waals surface area contributed by atoms with Crippen LogP contribution in [0.4, 0.5) is 0 Å². The molecule has 2 fully saturated rings. The molecule has 0 bridgehead atoms. The van der Waals surface area contributed by atoms with E-state index in [1.165, 1.54) is 12.0 Å². The van der Waals surface area contributed by atoms with Gasteiger partial charge in [0.15, 0.2) is 0 Å². The number of hydrogen-bond donors (Lipinski definition) is 0. The Bertz CT molecular complexity index is 294. The second kappa shape index (κ2) is 6.15. The molecule has 0 N–H and O–H groups in total. The molecule has 0 saturated carbocycles. The summed E-state index contributed by atoms with van der Waals surface area (Å²) in [4.78, 5) is 0. The van der Waals surface area contributed by atoms with Crippen molar-refractivity contribution in [3.63, 3.8) is 0 Å². The van der Waals surface area contributed by atoms with Gasteiger partial charge in [-0.25, -0.2) is 0 Å². The number of ether oxygens (including phenoxy) is 4. The Hall–Kier alpha value is -0.420. The molecule has 3 aliphatic rings. The van der Waals surface area contributed by atoms with Gasteiger partial charge in [-0.1, -0.05) is 6.08 Å². The fraction of sp³-hybridized carbons (Fsp3) is 0.857. The lowest BCUT2D eigenvalue weighted by Gasteiger charge is -2.21. The van der Waals surface area contributed by atoms with E-state index in [1.807, 2.05) is 0 Å². The van der Waals surface area contributed by atoms with Gasteiger partial charge in [-0.3, -0.25) is 0 Å². The van der Waals surface area contributed by atoms with Crippen molar-refractivity contribution < 1.29 is 18.9 Å². The van der Waals surface area contributed by atoms with E-state index >= 15 is 0 Å². The highest BCUT2D eigenvalue weighted by Crippen LogP contribution is 2.24. The lowest BCUT2D eigenvalue weighted by Crippen LogP contribution is -2.16. The second-order valence-electron chi connectivity index (χ2n) is 5.47. The first-order valence-corrected chi connectivity index (χ1v) is 6.97. The minimum Gasteiger partial charge on any atom is -0.378 e. The SMILES string of the molecule is C1=C(COCC2CO2)CCC(COCC2CO2)C1. The fourth-order valence-electron chi connectivity index (χ4n) is 2.24. The van der Waals surface area contributed by atoms with Gasteiger partial charge in [0, 0.05) is 6.61 Å². The number of allylic oxidation sites excluding steroid dienone is 1. The van der Waals surface area contributed by atoms with Crippen molar-refractivity contribution in [2.45, 2.75) is 31.5 Å². The molecule has 102 valence electrons.